The Hall–Kier alpha value is -1.03. The predicted octanol–water partition coefficient (Wildman–Crippen LogP) is 1.63. The van der Waals surface area contributed by atoms with E-state index in [2.05, 4.69) is 16.3 Å². The number of rotatable bonds is 3. The molecule has 3 nitrogen and oxygen atoms in total. The second-order valence-electron chi connectivity index (χ2n) is 2.19. The highest BCUT2D eigenvalue weighted by Gasteiger charge is 2.03. The van der Waals surface area contributed by atoms with Crippen LogP contribution in [-0.4, -0.2) is 10.9 Å². The van der Waals surface area contributed by atoms with Crippen molar-refractivity contribution in [2.45, 2.75) is 6.92 Å². The smallest absolute Gasteiger partial charge is 0.142 e. The summed E-state index contributed by atoms with van der Waals surface area (Å²) < 4.78 is 3.99. The third-order valence-corrected chi connectivity index (χ3v) is 2.29. The van der Waals surface area contributed by atoms with Crippen molar-refractivity contribution in [3.63, 3.8) is 0 Å². The number of anilines is 2. The van der Waals surface area contributed by atoms with Gasteiger partial charge in [0, 0.05) is 12.1 Å². The summed E-state index contributed by atoms with van der Waals surface area (Å²) in [6.07, 6.45) is 1.80. The van der Waals surface area contributed by atoms with Crippen LogP contribution in [0.15, 0.2) is 12.7 Å². The SMILES string of the molecule is C=CCNc1snc(N)c1C. The van der Waals surface area contributed by atoms with Crippen molar-refractivity contribution in [3.8, 4) is 0 Å². The van der Waals surface area contributed by atoms with Gasteiger partial charge in [-0.15, -0.1) is 6.58 Å². The number of nitrogens with one attached hydrogen (secondary N) is 1. The lowest BCUT2D eigenvalue weighted by atomic mass is 10.3. The molecule has 0 saturated heterocycles. The summed E-state index contributed by atoms with van der Waals surface area (Å²) in [5.41, 5.74) is 6.57. The third-order valence-electron chi connectivity index (χ3n) is 1.37. The fraction of sp³-hybridized carbons (Fsp3) is 0.286. The molecule has 1 aromatic rings. The van der Waals surface area contributed by atoms with Crippen LogP contribution in [0.5, 0.6) is 0 Å². The molecule has 0 spiro atoms. The number of aromatic nitrogens is 1. The number of hydrogen-bond donors (Lipinski definition) is 2. The Morgan fingerprint density at radius 3 is 3.00 bits per heavy atom. The van der Waals surface area contributed by atoms with Crippen molar-refractivity contribution in [2.75, 3.05) is 17.6 Å². The summed E-state index contributed by atoms with van der Waals surface area (Å²) in [4.78, 5) is 0. The molecule has 0 bridgehead atoms. The lowest BCUT2D eigenvalue weighted by Gasteiger charge is -1.98. The van der Waals surface area contributed by atoms with Crippen molar-refractivity contribution in [1.82, 2.24) is 4.37 Å². The van der Waals surface area contributed by atoms with Crippen LogP contribution in [0.4, 0.5) is 10.8 Å². The third kappa shape index (κ3) is 1.71. The van der Waals surface area contributed by atoms with Gasteiger partial charge in [-0.3, -0.25) is 0 Å². The molecule has 0 unspecified atom stereocenters. The molecule has 0 fully saturated rings. The van der Waals surface area contributed by atoms with Gasteiger partial charge in [0.25, 0.3) is 0 Å². The molecule has 0 amide bonds. The van der Waals surface area contributed by atoms with Gasteiger partial charge >= 0.3 is 0 Å². The van der Waals surface area contributed by atoms with Crippen molar-refractivity contribution in [2.24, 2.45) is 0 Å². The number of nitrogens with zero attached hydrogens (tertiary/aromatic N) is 1. The maximum atomic E-state index is 5.55. The Labute approximate surface area is 70.1 Å². The minimum absolute atomic E-state index is 0.613. The largest absolute Gasteiger partial charge is 0.383 e. The van der Waals surface area contributed by atoms with E-state index in [1.807, 2.05) is 6.92 Å². The van der Waals surface area contributed by atoms with Crippen molar-refractivity contribution in [1.29, 1.82) is 0 Å². The molecular weight excluding hydrogens is 158 g/mol. The highest BCUT2D eigenvalue weighted by molar-refractivity contribution is 7.10. The molecule has 60 valence electrons. The van der Waals surface area contributed by atoms with E-state index in [0.717, 1.165) is 17.1 Å². The molecule has 0 aliphatic carbocycles. The van der Waals surface area contributed by atoms with E-state index >= 15 is 0 Å². The molecule has 0 aliphatic heterocycles. The van der Waals surface area contributed by atoms with Crippen LogP contribution < -0.4 is 11.1 Å². The summed E-state index contributed by atoms with van der Waals surface area (Å²) >= 11 is 1.38. The minimum Gasteiger partial charge on any atom is -0.383 e. The maximum Gasteiger partial charge on any atom is 0.142 e. The van der Waals surface area contributed by atoms with E-state index in [1.165, 1.54) is 11.5 Å². The van der Waals surface area contributed by atoms with E-state index in [0.29, 0.717) is 5.82 Å². The van der Waals surface area contributed by atoms with Crippen LogP contribution in [-0.2, 0) is 0 Å². The van der Waals surface area contributed by atoms with E-state index in [9.17, 15) is 0 Å². The monoisotopic (exact) mass is 169 g/mol. The van der Waals surface area contributed by atoms with Gasteiger partial charge in [-0.25, -0.2) is 0 Å². The first-order chi connectivity index (χ1) is 5.25. The first-order valence-corrected chi connectivity index (χ1v) is 4.09. The molecule has 1 heterocycles. The zero-order valence-electron chi connectivity index (χ0n) is 6.42. The molecular formula is C7H11N3S. The molecule has 0 atom stereocenters. The number of hydrogen-bond acceptors (Lipinski definition) is 4. The van der Waals surface area contributed by atoms with Gasteiger partial charge in [0.2, 0.25) is 0 Å². The van der Waals surface area contributed by atoms with Gasteiger partial charge in [-0.2, -0.15) is 4.37 Å². The first kappa shape index (κ1) is 8.07. The summed E-state index contributed by atoms with van der Waals surface area (Å²) in [6.45, 7) is 6.30. The lowest BCUT2D eigenvalue weighted by Crippen LogP contribution is -1.97. The molecule has 1 rings (SSSR count). The fourth-order valence-corrected chi connectivity index (χ4v) is 1.39. The van der Waals surface area contributed by atoms with Gasteiger partial charge in [0.05, 0.1) is 0 Å². The van der Waals surface area contributed by atoms with Crippen LogP contribution in [0.25, 0.3) is 0 Å². The van der Waals surface area contributed by atoms with E-state index < -0.39 is 0 Å². The Balaban J connectivity index is 2.70. The van der Waals surface area contributed by atoms with Crippen molar-refractivity contribution < 1.29 is 0 Å². The Kier molecular flexibility index (Phi) is 2.48. The average molecular weight is 169 g/mol. The van der Waals surface area contributed by atoms with Crippen LogP contribution in [0.1, 0.15) is 5.56 Å². The summed E-state index contributed by atoms with van der Waals surface area (Å²) in [5.74, 6) is 0.613. The van der Waals surface area contributed by atoms with Crippen molar-refractivity contribution >= 4 is 22.4 Å². The van der Waals surface area contributed by atoms with Gasteiger partial charge in [0.1, 0.15) is 10.8 Å². The molecule has 0 aromatic carbocycles. The second-order valence-corrected chi connectivity index (χ2v) is 2.96. The van der Waals surface area contributed by atoms with E-state index in [-0.39, 0.29) is 0 Å². The molecule has 1 aromatic heterocycles. The zero-order chi connectivity index (χ0) is 8.27. The second kappa shape index (κ2) is 3.39. The van der Waals surface area contributed by atoms with E-state index in [4.69, 9.17) is 5.73 Å². The Bertz CT molecular complexity index is 254. The lowest BCUT2D eigenvalue weighted by molar-refractivity contribution is 1.34. The fourth-order valence-electron chi connectivity index (χ4n) is 0.678. The van der Waals surface area contributed by atoms with Gasteiger partial charge in [-0.05, 0) is 18.5 Å². The Morgan fingerprint density at radius 1 is 1.82 bits per heavy atom. The van der Waals surface area contributed by atoms with Crippen LogP contribution in [0.3, 0.4) is 0 Å². The normalized spacial score (nSPS) is 9.55. The van der Waals surface area contributed by atoms with Crippen molar-refractivity contribution in [3.05, 3.63) is 18.2 Å². The summed E-state index contributed by atoms with van der Waals surface area (Å²) in [5, 5.41) is 4.17. The van der Waals surface area contributed by atoms with Gasteiger partial charge in [0.15, 0.2) is 0 Å². The quantitative estimate of drug-likeness (QED) is 0.676. The average Bonchev–Trinajstić information content (AvgIpc) is 2.31. The van der Waals surface area contributed by atoms with Gasteiger partial charge in [-0.1, -0.05) is 6.08 Å². The maximum absolute atomic E-state index is 5.55. The molecule has 3 N–H and O–H groups in total. The summed E-state index contributed by atoms with van der Waals surface area (Å²) in [6, 6.07) is 0. The first-order valence-electron chi connectivity index (χ1n) is 3.32. The standard InChI is InChI=1S/C7H11N3S/c1-3-4-9-7-5(2)6(8)10-11-7/h3,9H,1,4H2,2H3,(H2,8,10). The highest BCUT2D eigenvalue weighted by Crippen LogP contribution is 2.24. The van der Waals surface area contributed by atoms with Gasteiger partial charge < -0.3 is 11.1 Å². The predicted molar refractivity (Wildman–Crippen MR) is 50.0 cm³/mol. The Morgan fingerprint density at radius 2 is 2.55 bits per heavy atom. The molecule has 0 aliphatic rings. The zero-order valence-corrected chi connectivity index (χ0v) is 7.24. The number of nitrogen functional groups attached to an aromatic ring is 1. The topological polar surface area (TPSA) is 50.9 Å². The summed E-state index contributed by atoms with van der Waals surface area (Å²) in [7, 11) is 0. The van der Waals surface area contributed by atoms with E-state index in [1.54, 1.807) is 6.08 Å². The van der Waals surface area contributed by atoms with Crippen LogP contribution >= 0.6 is 11.5 Å². The van der Waals surface area contributed by atoms with Crippen LogP contribution in [0, 0.1) is 6.92 Å². The molecule has 0 saturated carbocycles. The minimum atomic E-state index is 0.613. The van der Waals surface area contributed by atoms with Crippen LogP contribution in [0.2, 0.25) is 0 Å². The molecule has 4 heteroatoms. The number of nitrogens with two attached hydrogens (primary N) is 1. The molecule has 0 radical (unpaired) electrons. The highest BCUT2D eigenvalue weighted by atomic mass is 32.1. The molecule has 11 heavy (non-hydrogen) atoms.